The molecule has 1 aromatic rings. The molecule has 0 aromatic heterocycles. The van der Waals surface area contributed by atoms with E-state index in [0.29, 0.717) is 18.4 Å². The van der Waals surface area contributed by atoms with Crippen molar-refractivity contribution < 1.29 is 18.7 Å². The van der Waals surface area contributed by atoms with E-state index in [2.05, 4.69) is 0 Å². The molecular formula is C13H12F2O2. The maximum atomic E-state index is 13.2. The maximum Gasteiger partial charge on any atom is 0.303 e. The highest BCUT2D eigenvalue weighted by Gasteiger charge is 2.21. The molecule has 2 rings (SSSR count). The lowest BCUT2D eigenvalue weighted by Gasteiger charge is -2.05. The second kappa shape index (κ2) is 4.28. The fourth-order valence-corrected chi connectivity index (χ4v) is 2.22. The Labute approximate surface area is 97.6 Å². The SMILES string of the molecule is CC1=C(CCC(=O)O)c2cc(F)c(F)cc2C1. The minimum Gasteiger partial charge on any atom is -0.481 e. The van der Waals surface area contributed by atoms with E-state index in [1.807, 2.05) is 6.92 Å². The predicted molar refractivity (Wildman–Crippen MR) is 59.5 cm³/mol. The van der Waals surface area contributed by atoms with E-state index in [-0.39, 0.29) is 6.42 Å². The Bertz CT molecular complexity index is 518. The molecule has 0 saturated heterocycles. The van der Waals surface area contributed by atoms with E-state index >= 15 is 0 Å². The molecule has 2 nitrogen and oxygen atoms in total. The molecule has 0 unspecified atom stereocenters. The Kier molecular flexibility index (Phi) is 2.96. The van der Waals surface area contributed by atoms with Gasteiger partial charge in [0.25, 0.3) is 0 Å². The largest absolute Gasteiger partial charge is 0.481 e. The van der Waals surface area contributed by atoms with Gasteiger partial charge >= 0.3 is 5.97 Å². The summed E-state index contributed by atoms with van der Waals surface area (Å²) in [5.41, 5.74) is 3.22. The number of rotatable bonds is 3. The van der Waals surface area contributed by atoms with Crippen molar-refractivity contribution in [3.05, 3.63) is 40.5 Å². The Hall–Kier alpha value is -1.71. The van der Waals surface area contributed by atoms with Gasteiger partial charge in [-0.05, 0) is 48.6 Å². The number of carboxylic acid groups (broad SMARTS) is 1. The second-order valence-corrected chi connectivity index (χ2v) is 4.25. The maximum absolute atomic E-state index is 13.2. The quantitative estimate of drug-likeness (QED) is 0.878. The van der Waals surface area contributed by atoms with Crippen LogP contribution in [0.1, 0.15) is 30.9 Å². The number of fused-ring (bicyclic) bond motifs is 1. The van der Waals surface area contributed by atoms with Crippen LogP contribution in [0.3, 0.4) is 0 Å². The van der Waals surface area contributed by atoms with Crippen molar-refractivity contribution in [2.75, 3.05) is 0 Å². The fourth-order valence-electron chi connectivity index (χ4n) is 2.22. The number of benzene rings is 1. The molecule has 0 atom stereocenters. The molecular weight excluding hydrogens is 226 g/mol. The standard InChI is InChI=1S/C13H12F2O2/c1-7-4-8-5-11(14)12(15)6-10(8)9(7)2-3-13(16)17/h5-6H,2-4H2,1H3,(H,16,17). The van der Waals surface area contributed by atoms with Crippen LogP contribution in [0.5, 0.6) is 0 Å². The molecule has 0 saturated carbocycles. The average molecular weight is 238 g/mol. The van der Waals surface area contributed by atoms with Crippen LogP contribution in [0.4, 0.5) is 8.78 Å². The van der Waals surface area contributed by atoms with Gasteiger partial charge in [-0.2, -0.15) is 0 Å². The van der Waals surface area contributed by atoms with Gasteiger partial charge in [0.2, 0.25) is 0 Å². The lowest BCUT2D eigenvalue weighted by molar-refractivity contribution is -0.136. The van der Waals surface area contributed by atoms with E-state index in [9.17, 15) is 13.6 Å². The lowest BCUT2D eigenvalue weighted by atomic mass is 10.0. The van der Waals surface area contributed by atoms with Crippen molar-refractivity contribution in [1.82, 2.24) is 0 Å². The fraction of sp³-hybridized carbons (Fsp3) is 0.308. The van der Waals surface area contributed by atoms with Crippen LogP contribution in [0, 0.1) is 11.6 Å². The topological polar surface area (TPSA) is 37.3 Å². The van der Waals surface area contributed by atoms with E-state index in [4.69, 9.17) is 5.11 Å². The number of aliphatic carboxylic acids is 1. The Morgan fingerprint density at radius 2 is 2.00 bits per heavy atom. The molecule has 1 N–H and O–H groups in total. The first kappa shape index (κ1) is 11.8. The molecule has 0 bridgehead atoms. The van der Waals surface area contributed by atoms with Gasteiger partial charge < -0.3 is 5.11 Å². The molecule has 1 aromatic carbocycles. The van der Waals surface area contributed by atoms with Crippen LogP contribution >= 0.6 is 0 Å². The van der Waals surface area contributed by atoms with Gasteiger partial charge in [0, 0.05) is 6.42 Å². The number of carbonyl (C=O) groups is 1. The highest BCUT2D eigenvalue weighted by molar-refractivity contribution is 5.79. The summed E-state index contributed by atoms with van der Waals surface area (Å²) in [6, 6.07) is 2.36. The van der Waals surface area contributed by atoms with Gasteiger partial charge in [-0.25, -0.2) is 8.78 Å². The Balaban J connectivity index is 2.34. The molecule has 4 heteroatoms. The normalized spacial score (nSPS) is 14.1. The molecule has 0 fully saturated rings. The van der Waals surface area contributed by atoms with E-state index in [0.717, 1.165) is 16.7 Å². The van der Waals surface area contributed by atoms with Crippen molar-refractivity contribution >= 4 is 11.5 Å². The Morgan fingerprint density at radius 1 is 1.35 bits per heavy atom. The van der Waals surface area contributed by atoms with Crippen LogP contribution in [0.15, 0.2) is 17.7 Å². The third-order valence-corrected chi connectivity index (χ3v) is 3.03. The highest BCUT2D eigenvalue weighted by Crippen LogP contribution is 2.36. The predicted octanol–water partition coefficient (Wildman–Crippen LogP) is 3.16. The first-order valence-corrected chi connectivity index (χ1v) is 5.37. The second-order valence-electron chi connectivity index (χ2n) is 4.25. The number of allylic oxidation sites excluding steroid dienone is 2. The van der Waals surface area contributed by atoms with Gasteiger partial charge in [0.05, 0.1) is 0 Å². The van der Waals surface area contributed by atoms with Gasteiger partial charge in [0.15, 0.2) is 11.6 Å². The lowest BCUT2D eigenvalue weighted by Crippen LogP contribution is -1.96. The summed E-state index contributed by atoms with van der Waals surface area (Å²) < 4.78 is 26.2. The van der Waals surface area contributed by atoms with Crippen LogP contribution in [0.2, 0.25) is 0 Å². The third-order valence-electron chi connectivity index (χ3n) is 3.03. The van der Waals surface area contributed by atoms with Crippen molar-refractivity contribution in [3.63, 3.8) is 0 Å². The van der Waals surface area contributed by atoms with Gasteiger partial charge in [-0.15, -0.1) is 0 Å². The summed E-state index contributed by atoms with van der Waals surface area (Å²) in [7, 11) is 0. The van der Waals surface area contributed by atoms with Crippen LogP contribution in [-0.2, 0) is 11.2 Å². The average Bonchev–Trinajstić information content (AvgIpc) is 2.52. The number of halogens is 2. The van der Waals surface area contributed by atoms with Crippen LogP contribution < -0.4 is 0 Å². The summed E-state index contributed by atoms with van der Waals surface area (Å²) in [6.45, 7) is 1.87. The summed E-state index contributed by atoms with van der Waals surface area (Å²) in [4.78, 5) is 10.5. The zero-order valence-corrected chi connectivity index (χ0v) is 9.39. The van der Waals surface area contributed by atoms with Crippen LogP contribution in [0.25, 0.3) is 5.57 Å². The van der Waals surface area contributed by atoms with Crippen molar-refractivity contribution in [2.24, 2.45) is 0 Å². The molecule has 17 heavy (non-hydrogen) atoms. The smallest absolute Gasteiger partial charge is 0.303 e. The molecule has 0 amide bonds. The third kappa shape index (κ3) is 2.20. The molecule has 0 spiro atoms. The number of hydrogen-bond acceptors (Lipinski definition) is 1. The zero-order valence-electron chi connectivity index (χ0n) is 9.39. The van der Waals surface area contributed by atoms with Gasteiger partial charge in [-0.3, -0.25) is 4.79 Å². The first-order chi connectivity index (χ1) is 7.99. The van der Waals surface area contributed by atoms with Gasteiger partial charge in [-0.1, -0.05) is 5.57 Å². The Morgan fingerprint density at radius 3 is 2.65 bits per heavy atom. The summed E-state index contributed by atoms with van der Waals surface area (Å²) in [6.07, 6.45) is 0.936. The van der Waals surface area contributed by atoms with E-state index in [1.165, 1.54) is 12.1 Å². The van der Waals surface area contributed by atoms with Crippen molar-refractivity contribution in [1.29, 1.82) is 0 Å². The summed E-state index contributed by atoms with van der Waals surface area (Å²) in [5.74, 6) is -2.62. The minimum atomic E-state index is -0.888. The van der Waals surface area contributed by atoms with Crippen LogP contribution in [-0.4, -0.2) is 11.1 Å². The molecule has 1 aliphatic carbocycles. The van der Waals surface area contributed by atoms with Crippen molar-refractivity contribution in [3.8, 4) is 0 Å². The molecule has 0 heterocycles. The molecule has 0 aliphatic heterocycles. The number of hydrogen-bond donors (Lipinski definition) is 1. The monoisotopic (exact) mass is 238 g/mol. The molecule has 90 valence electrons. The first-order valence-electron chi connectivity index (χ1n) is 5.37. The zero-order chi connectivity index (χ0) is 12.6. The summed E-state index contributed by atoms with van der Waals surface area (Å²) >= 11 is 0. The summed E-state index contributed by atoms with van der Waals surface area (Å²) in [5, 5.41) is 8.65. The van der Waals surface area contributed by atoms with E-state index < -0.39 is 17.6 Å². The minimum absolute atomic E-state index is 0.00507. The number of carboxylic acids is 1. The molecule has 0 radical (unpaired) electrons. The molecule has 1 aliphatic rings. The highest BCUT2D eigenvalue weighted by atomic mass is 19.2. The van der Waals surface area contributed by atoms with E-state index in [1.54, 1.807) is 0 Å². The van der Waals surface area contributed by atoms with Gasteiger partial charge in [0.1, 0.15) is 0 Å². The van der Waals surface area contributed by atoms with Crippen molar-refractivity contribution in [2.45, 2.75) is 26.2 Å².